The van der Waals surface area contributed by atoms with Crippen LogP contribution in [0.2, 0.25) is 0 Å². The highest BCUT2D eigenvalue weighted by Gasteiger charge is 2.26. The molecule has 0 amide bonds. The molecular formula is C21H34IN3O2. The first-order valence-corrected chi connectivity index (χ1v) is 10.0. The summed E-state index contributed by atoms with van der Waals surface area (Å²) in [5.41, 5.74) is 1.38. The molecule has 0 aromatic heterocycles. The number of nitrogens with zero attached hydrogens (tertiary/aromatic N) is 2. The van der Waals surface area contributed by atoms with Crippen LogP contribution in [0.25, 0.3) is 0 Å². The summed E-state index contributed by atoms with van der Waals surface area (Å²) in [5, 5.41) is 3.50. The highest BCUT2D eigenvalue weighted by atomic mass is 127. The lowest BCUT2D eigenvalue weighted by atomic mass is 9.98. The van der Waals surface area contributed by atoms with Crippen LogP contribution in [0.4, 0.5) is 0 Å². The monoisotopic (exact) mass is 487 g/mol. The Hall–Kier alpha value is -1.02. The van der Waals surface area contributed by atoms with Crippen molar-refractivity contribution >= 4 is 29.9 Å². The minimum absolute atomic E-state index is 0. The number of ether oxygens (including phenoxy) is 2. The standard InChI is InChI=1S/C21H33N3O2.HI/c1-22-21(23-13-5-15-26-20-6-3-4-7-20)24-14-12-18(16-24)17-8-10-19(25-2)11-9-17;/h8-11,18,20H,3-7,12-16H2,1-2H3,(H,22,23);1H. The Morgan fingerprint density at radius 3 is 2.59 bits per heavy atom. The third-order valence-corrected chi connectivity index (χ3v) is 5.55. The number of benzene rings is 1. The molecule has 1 unspecified atom stereocenters. The molecule has 0 radical (unpaired) electrons. The summed E-state index contributed by atoms with van der Waals surface area (Å²) < 4.78 is 11.2. The van der Waals surface area contributed by atoms with E-state index in [9.17, 15) is 0 Å². The minimum atomic E-state index is 0. The van der Waals surface area contributed by atoms with E-state index in [-0.39, 0.29) is 24.0 Å². The Morgan fingerprint density at radius 1 is 1.19 bits per heavy atom. The van der Waals surface area contributed by atoms with Gasteiger partial charge in [0, 0.05) is 39.2 Å². The van der Waals surface area contributed by atoms with Crippen LogP contribution in [0, 0.1) is 0 Å². The largest absolute Gasteiger partial charge is 0.497 e. The number of likely N-dealkylation sites (tertiary alicyclic amines) is 1. The third-order valence-electron chi connectivity index (χ3n) is 5.55. The van der Waals surface area contributed by atoms with Crippen molar-refractivity contribution in [2.24, 2.45) is 4.99 Å². The van der Waals surface area contributed by atoms with Crippen LogP contribution in [0.15, 0.2) is 29.3 Å². The summed E-state index contributed by atoms with van der Waals surface area (Å²) in [6.07, 6.45) is 7.87. The van der Waals surface area contributed by atoms with E-state index in [2.05, 4.69) is 39.5 Å². The fourth-order valence-electron chi connectivity index (χ4n) is 4.01. The second-order valence-corrected chi connectivity index (χ2v) is 7.31. The van der Waals surface area contributed by atoms with Crippen LogP contribution in [-0.4, -0.2) is 57.4 Å². The molecule has 6 heteroatoms. The van der Waals surface area contributed by atoms with Crippen molar-refractivity contribution in [3.05, 3.63) is 29.8 Å². The van der Waals surface area contributed by atoms with Crippen molar-refractivity contribution < 1.29 is 9.47 Å². The number of guanidine groups is 1. The fraction of sp³-hybridized carbons (Fsp3) is 0.667. The van der Waals surface area contributed by atoms with Crippen LogP contribution in [0.3, 0.4) is 0 Å². The zero-order valence-corrected chi connectivity index (χ0v) is 19.0. The van der Waals surface area contributed by atoms with Gasteiger partial charge in [0.25, 0.3) is 0 Å². The van der Waals surface area contributed by atoms with Crippen LogP contribution >= 0.6 is 24.0 Å². The summed E-state index contributed by atoms with van der Waals surface area (Å²) in [6.45, 7) is 3.84. The van der Waals surface area contributed by atoms with Gasteiger partial charge >= 0.3 is 0 Å². The minimum Gasteiger partial charge on any atom is -0.497 e. The molecule has 1 N–H and O–H groups in total. The van der Waals surface area contributed by atoms with Crippen LogP contribution in [0.5, 0.6) is 5.75 Å². The van der Waals surface area contributed by atoms with Crippen LogP contribution < -0.4 is 10.1 Å². The number of methoxy groups -OCH3 is 1. The fourth-order valence-corrected chi connectivity index (χ4v) is 4.01. The highest BCUT2D eigenvalue weighted by molar-refractivity contribution is 14.0. The van der Waals surface area contributed by atoms with E-state index in [1.165, 1.54) is 31.2 Å². The van der Waals surface area contributed by atoms with Gasteiger partial charge in [0.1, 0.15) is 5.75 Å². The van der Waals surface area contributed by atoms with Gasteiger partial charge in [-0.3, -0.25) is 4.99 Å². The number of hydrogen-bond donors (Lipinski definition) is 1. The van der Waals surface area contributed by atoms with E-state index in [0.717, 1.165) is 50.8 Å². The van der Waals surface area contributed by atoms with Gasteiger partial charge < -0.3 is 19.7 Å². The van der Waals surface area contributed by atoms with Crippen molar-refractivity contribution in [2.45, 2.75) is 50.5 Å². The van der Waals surface area contributed by atoms with E-state index in [1.807, 2.05) is 7.05 Å². The Labute approximate surface area is 180 Å². The maximum absolute atomic E-state index is 5.93. The number of halogens is 1. The Kier molecular flexibility index (Phi) is 9.68. The number of rotatable bonds is 7. The summed E-state index contributed by atoms with van der Waals surface area (Å²) in [4.78, 5) is 6.84. The molecule has 152 valence electrons. The molecule has 5 nitrogen and oxygen atoms in total. The van der Waals surface area contributed by atoms with E-state index in [1.54, 1.807) is 7.11 Å². The molecule has 2 aliphatic rings. The second kappa shape index (κ2) is 11.7. The first-order chi connectivity index (χ1) is 12.8. The van der Waals surface area contributed by atoms with Crippen molar-refractivity contribution in [3.63, 3.8) is 0 Å². The van der Waals surface area contributed by atoms with Crippen molar-refractivity contribution in [1.82, 2.24) is 10.2 Å². The average molecular weight is 487 g/mol. The van der Waals surface area contributed by atoms with Gasteiger partial charge in [-0.2, -0.15) is 0 Å². The number of hydrogen-bond acceptors (Lipinski definition) is 3. The summed E-state index contributed by atoms with van der Waals surface area (Å²) in [5.74, 6) is 2.49. The first kappa shape index (κ1) is 22.3. The molecule has 3 rings (SSSR count). The molecule has 0 bridgehead atoms. The molecule has 1 saturated carbocycles. The van der Waals surface area contributed by atoms with E-state index >= 15 is 0 Å². The summed E-state index contributed by atoms with van der Waals surface area (Å²) in [7, 11) is 3.58. The predicted molar refractivity (Wildman–Crippen MR) is 122 cm³/mol. The maximum Gasteiger partial charge on any atom is 0.193 e. The molecule has 1 aromatic rings. The molecule has 2 fully saturated rings. The molecule has 1 heterocycles. The zero-order chi connectivity index (χ0) is 18.2. The lowest BCUT2D eigenvalue weighted by Gasteiger charge is -2.22. The topological polar surface area (TPSA) is 46.1 Å². The van der Waals surface area contributed by atoms with E-state index < -0.39 is 0 Å². The summed E-state index contributed by atoms with van der Waals surface area (Å²) >= 11 is 0. The lowest BCUT2D eigenvalue weighted by Crippen LogP contribution is -2.40. The Morgan fingerprint density at radius 2 is 1.93 bits per heavy atom. The first-order valence-electron chi connectivity index (χ1n) is 10.0. The van der Waals surface area contributed by atoms with E-state index in [0.29, 0.717) is 12.0 Å². The van der Waals surface area contributed by atoms with Gasteiger partial charge in [-0.15, -0.1) is 24.0 Å². The van der Waals surface area contributed by atoms with E-state index in [4.69, 9.17) is 9.47 Å². The molecular weight excluding hydrogens is 453 g/mol. The van der Waals surface area contributed by atoms with Gasteiger partial charge in [-0.1, -0.05) is 25.0 Å². The molecule has 1 atom stereocenters. The highest BCUT2D eigenvalue weighted by Crippen LogP contribution is 2.28. The van der Waals surface area contributed by atoms with Crippen molar-refractivity contribution in [3.8, 4) is 5.75 Å². The molecule has 27 heavy (non-hydrogen) atoms. The zero-order valence-electron chi connectivity index (χ0n) is 16.7. The van der Waals surface area contributed by atoms with Crippen molar-refractivity contribution in [1.29, 1.82) is 0 Å². The van der Waals surface area contributed by atoms with Gasteiger partial charge in [-0.25, -0.2) is 0 Å². The van der Waals surface area contributed by atoms with Crippen LogP contribution in [0.1, 0.15) is 50.0 Å². The maximum atomic E-state index is 5.93. The Balaban J connectivity index is 0.00000261. The van der Waals surface area contributed by atoms with Gasteiger partial charge in [0.15, 0.2) is 5.96 Å². The summed E-state index contributed by atoms with van der Waals surface area (Å²) in [6, 6.07) is 8.47. The lowest BCUT2D eigenvalue weighted by molar-refractivity contribution is 0.0573. The predicted octanol–water partition coefficient (Wildman–Crippen LogP) is 4.03. The molecule has 1 aliphatic carbocycles. The third kappa shape index (κ3) is 6.52. The smallest absolute Gasteiger partial charge is 0.193 e. The van der Waals surface area contributed by atoms with Gasteiger partial charge in [0.2, 0.25) is 0 Å². The molecule has 1 aliphatic heterocycles. The second-order valence-electron chi connectivity index (χ2n) is 7.31. The number of nitrogens with one attached hydrogen (secondary N) is 1. The normalized spacial score (nSPS) is 20.6. The quantitative estimate of drug-likeness (QED) is 0.273. The van der Waals surface area contributed by atoms with Crippen molar-refractivity contribution in [2.75, 3.05) is 40.4 Å². The molecule has 0 spiro atoms. The SMILES string of the molecule is CN=C(NCCCOC1CCCC1)N1CCC(c2ccc(OC)cc2)C1.I. The van der Waals surface area contributed by atoms with Gasteiger partial charge in [0.05, 0.1) is 13.2 Å². The van der Waals surface area contributed by atoms with Gasteiger partial charge in [-0.05, 0) is 43.4 Å². The van der Waals surface area contributed by atoms with Crippen LogP contribution in [-0.2, 0) is 4.74 Å². The molecule has 1 aromatic carbocycles. The molecule has 1 saturated heterocycles. The number of aliphatic imine (C=N–C) groups is 1. The average Bonchev–Trinajstić information content (AvgIpc) is 3.37. The Bertz CT molecular complexity index is 573.